The van der Waals surface area contributed by atoms with Crippen LogP contribution in [0.25, 0.3) is 27.8 Å². The number of fused-ring (bicyclic) bond motifs is 3. The van der Waals surface area contributed by atoms with Crippen molar-refractivity contribution in [1.29, 1.82) is 0 Å². The maximum Gasteiger partial charge on any atom is 0.179 e. The number of piperidine rings is 1. The highest BCUT2D eigenvalue weighted by molar-refractivity contribution is 5.83. The molecule has 0 bridgehead atoms. The smallest absolute Gasteiger partial charge is 0.179 e. The molecule has 2 aromatic carbocycles. The van der Waals surface area contributed by atoms with Crippen LogP contribution in [0.15, 0.2) is 48.7 Å². The van der Waals surface area contributed by atoms with Gasteiger partial charge in [0.1, 0.15) is 0 Å². The van der Waals surface area contributed by atoms with Crippen LogP contribution in [0.3, 0.4) is 0 Å². The average Bonchev–Trinajstić information content (AvgIpc) is 3.32. The summed E-state index contributed by atoms with van der Waals surface area (Å²) < 4.78 is 7.65. The maximum atomic E-state index is 5.50. The van der Waals surface area contributed by atoms with Gasteiger partial charge in [0, 0.05) is 37.9 Å². The van der Waals surface area contributed by atoms with E-state index in [1.165, 1.54) is 29.7 Å². The minimum Gasteiger partial charge on any atom is -0.379 e. The van der Waals surface area contributed by atoms with Gasteiger partial charge in [-0.15, -0.1) is 10.2 Å². The Bertz CT molecular complexity index is 1270. The highest BCUT2D eigenvalue weighted by Crippen LogP contribution is 2.28. The molecule has 6 rings (SSSR count). The summed E-state index contributed by atoms with van der Waals surface area (Å²) in [6.07, 6.45) is 4.19. The summed E-state index contributed by atoms with van der Waals surface area (Å²) >= 11 is 0. The summed E-state index contributed by atoms with van der Waals surface area (Å²) in [6.45, 7) is 6.34. The van der Waals surface area contributed by atoms with E-state index in [2.05, 4.69) is 84.2 Å². The van der Waals surface area contributed by atoms with E-state index in [0.29, 0.717) is 6.04 Å². The molecule has 8 nitrogen and oxygen atoms in total. The van der Waals surface area contributed by atoms with Gasteiger partial charge in [-0.25, -0.2) is 0 Å². The van der Waals surface area contributed by atoms with E-state index in [1.807, 2.05) is 6.20 Å². The summed E-state index contributed by atoms with van der Waals surface area (Å²) in [6, 6.07) is 16.1. The van der Waals surface area contributed by atoms with Crippen LogP contribution in [0.2, 0.25) is 0 Å². The van der Waals surface area contributed by atoms with Crippen molar-refractivity contribution in [1.82, 2.24) is 29.8 Å². The number of ether oxygens (including phenoxy) is 1. The average molecular weight is 458 g/mol. The highest BCUT2D eigenvalue weighted by Gasteiger charge is 2.19. The summed E-state index contributed by atoms with van der Waals surface area (Å²) in [5.41, 5.74) is 6.46. The summed E-state index contributed by atoms with van der Waals surface area (Å²) in [4.78, 5) is 9.48. The zero-order chi connectivity index (χ0) is 22.9. The van der Waals surface area contributed by atoms with Crippen molar-refractivity contribution >= 4 is 22.4 Å². The molecule has 2 aliphatic rings. The Morgan fingerprint density at radius 2 is 1.71 bits per heavy atom. The molecule has 0 aliphatic carbocycles. The summed E-state index contributed by atoms with van der Waals surface area (Å²) in [7, 11) is 2.06. The van der Waals surface area contributed by atoms with Crippen molar-refractivity contribution in [2.75, 3.05) is 51.3 Å². The van der Waals surface area contributed by atoms with Crippen LogP contribution >= 0.6 is 0 Å². The molecule has 0 amide bonds. The van der Waals surface area contributed by atoms with Gasteiger partial charge in [-0.05, 0) is 55.3 Å². The second-order valence-electron chi connectivity index (χ2n) is 9.26. The number of benzene rings is 2. The summed E-state index contributed by atoms with van der Waals surface area (Å²) in [5.74, 6) is 0.946. The van der Waals surface area contributed by atoms with E-state index in [1.54, 1.807) is 0 Å². The molecule has 176 valence electrons. The van der Waals surface area contributed by atoms with Gasteiger partial charge in [0.15, 0.2) is 11.5 Å². The maximum absolute atomic E-state index is 5.50. The first-order chi connectivity index (χ1) is 16.8. The Hall–Kier alpha value is -3.07. The second kappa shape index (κ2) is 9.29. The molecule has 34 heavy (non-hydrogen) atoms. The molecule has 0 radical (unpaired) electrons. The third-order valence-electron chi connectivity index (χ3n) is 7.23. The second-order valence-corrected chi connectivity index (χ2v) is 9.26. The lowest BCUT2D eigenvalue weighted by Gasteiger charge is -2.33. The number of hydrogen-bond acceptors (Lipinski definition) is 7. The van der Waals surface area contributed by atoms with E-state index in [4.69, 9.17) is 4.74 Å². The van der Waals surface area contributed by atoms with Gasteiger partial charge in [0.25, 0.3) is 0 Å². The number of hydrogen-bond donors (Lipinski definition) is 1. The Morgan fingerprint density at radius 1 is 0.941 bits per heavy atom. The third-order valence-corrected chi connectivity index (χ3v) is 7.23. The van der Waals surface area contributed by atoms with E-state index in [0.717, 1.165) is 68.4 Å². The SMILES string of the molecule is CNC1CCN(c2ccc(-c3ccc4ncc5nnc(CN6CCOCC6)n5c4c3)cc2)CC1. The monoisotopic (exact) mass is 457 g/mol. The fourth-order valence-electron chi connectivity index (χ4n) is 5.15. The van der Waals surface area contributed by atoms with Gasteiger partial charge >= 0.3 is 0 Å². The van der Waals surface area contributed by atoms with Crippen LogP contribution in [-0.4, -0.2) is 77.0 Å². The van der Waals surface area contributed by atoms with E-state index in [-0.39, 0.29) is 0 Å². The normalized spacial score (nSPS) is 18.2. The van der Waals surface area contributed by atoms with Gasteiger partial charge in [-0.1, -0.05) is 18.2 Å². The van der Waals surface area contributed by atoms with Gasteiger partial charge in [-0.2, -0.15) is 0 Å². The Labute approximate surface area is 199 Å². The number of anilines is 1. The van der Waals surface area contributed by atoms with Crippen molar-refractivity contribution in [3.63, 3.8) is 0 Å². The molecule has 0 spiro atoms. The molecule has 2 aliphatic heterocycles. The van der Waals surface area contributed by atoms with E-state index >= 15 is 0 Å². The molecule has 8 heteroatoms. The van der Waals surface area contributed by atoms with Crippen molar-refractivity contribution < 1.29 is 4.74 Å². The summed E-state index contributed by atoms with van der Waals surface area (Å²) in [5, 5.41) is 12.3. The van der Waals surface area contributed by atoms with Crippen molar-refractivity contribution in [2.24, 2.45) is 0 Å². The molecule has 0 atom stereocenters. The predicted molar refractivity (Wildman–Crippen MR) is 134 cm³/mol. The molecule has 2 fully saturated rings. The van der Waals surface area contributed by atoms with Crippen LogP contribution < -0.4 is 10.2 Å². The van der Waals surface area contributed by atoms with Crippen LogP contribution in [0.1, 0.15) is 18.7 Å². The first-order valence-electron chi connectivity index (χ1n) is 12.2. The van der Waals surface area contributed by atoms with Gasteiger partial charge in [0.2, 0.25) is 0 Å². The topological polar surface area (TPSA) is 70.8 Å². The quantitative estimate of drug-likeness (QED) is 0.494. The van der Waals surface area contributed by atoms with E-state index in [9.17, 15) is 0 Å². The van der Waals surface area contributed by atoms with Gasteiger partial charge in [-0.3, -0.25) is 14.3 Å². The molecule has 0 saturated carbocycles. The lowest BCUT2D eigenvalue weighted by molar-refractivity contribution is 0.0329. The van der Waals surface area contributed by atoms with Crippen LogP contribution in [0, 0.1) is 0 Å². The molecule has 4 heterocycles. The molecular formula is C26H31N7O. The van der Waals surface area contributed by atoms with Crippen molar-refractivity contribution in [3.05, 3.63) is 54.5 Å². The fourth-order valence-corrected chi connectivity index (χ4v) is 5.15. The van der Waals surface area contributed by atoms with Crippen LogP contribution in [-0.2, 0) is 11.3 Å². The third kappa shape index (κ3) is 4.13. The number of rotatable bonds is 5. The Balaban J connectivity index is 1.30. The standard InChI is InChI=1S/C26H31N7O/c1-27-21-8-10-32(11-9-21)22-5-2-19(3-6-22)20-4-7-23-24(16-20)33-25(17-28-23)29-30-26(33)18-31-12-14-34-15-13-31/h2-7,16-17,21,27H,8-15,18H2,1H3. The van der Waals surface area contributed by atoms with Crippen LogP contribution in [0.4, 0.5) is 5.69 Å². The predicted octanol–water partition coefficient (Wildman–Crippen LogP) is 2.96. The molecule has 2 aromatic heterocycles. The molecule has 0 unspecified atom stereocenters. The fraction of sp³-hybridized carbons (Fsp3) is 0.423. The number of nitrogens with one attached hydrogen (secondary N) is 1. The van der Waals surface area contributed by atoms with E-state index < -0.39 is 0 Å². The zero-order valence-corrected chi connectivity index (χ0v) is 19.7. The number of morpholine rings is 1. The molecular weight excluding hydrogens is 426 g/mol. The van der Waals surface area contributed by atoms with Gasteiger partial charge < -0.3 is 15.0 Å². The molecule has 4 aromatic rings. The van der Waals surface area contributed by atoms with Gasteiger partial charge in [0.05, 0.1) is 37.0 Å². The van der Waals surface area contributed by atoms with Crippen molar-refractivity contribution in [3.8, 4) is 11.1 Å². The van der Waals surface area contributed by atoms with Crippen LogP contribution in [0.5, 0.6) is 0 Å². The number of aromatic nitrogens is 4. The highest BCUT2D eigenvalue weighted by atomic mass is 16.5. The molecule has 1 N–H and O–H groups in total. The lowest BCUT2D eigenvalue weighted by Crippen LogP contribution is -2.41. The largest absolute Gasteiger partial charge is 0.379 e. The minimum atomic E-state index is 0.643. The Morgan fingerprint density at radius 3 is 2.47 bits per heavy atom. The lowest BCUT2D eigenvalue weighted by atomic mass is 10.0. The Kier molecular flexibility index (Phi) is 5.86. The molecule has 2 saturated heterocycles. The minimum absolute atomic E-state index is 0.643. The number of nitrogens with zero attached hydrogens (tertiary/aromatic N) is 6. The first-order valence-corrected chi connectivity index (χ1v) is 12.2. The first kappa shape index (κ1) is 21.5. The zero-order valence-electron chi connectivity index (χ0n) is 19.7. The van der Waals surface area contributed by atoms with Crippen molar-refractivity contribution in [2.45, 2.75) is 25.4 Å².